The van der Waals surface area contributed by atoms with Crippen molar-refractivity contribution >= 4 is 27.5 Å². The maximum absolute atomic E-state index is 12.7. The van der Waals surface area contributed by atoms with Crippen molar-refractivity contribution in [2.75, 3.05) is 0 Å². The van der Waals surface area contributed by atoms with Gasteiger partial charge in [-0.3, -0.25) is 0 Å². The zero-order chi connectivity index (χ0) is 18.0. The van der Waals surface area contributed by atoms with Gasteiger partial charge in [-0.2, -0.15) is 5.26 Å². The molecule has 0 aromatic heterocycles. The predicted octanol–water partition coefficient (Wildman–Crippen LogP) is 4.39. The highest BCUT2D eigenvalue weighted by Gasteiger charge is 2.24. The van der Waals surface area contributed by atoms with Crippen molar-refractivity contribution < 1.29 is 13.2 Å². The molecule has 2 aromatic carbocycles. The van der Waals surface area contributed by atoms with Crippen LogP contribution >= 0.6 is 11.6 Å². The summed E-state index contributed by atoms with van der Waals surface area (Å²) in [6.45, 7) is 1.81. The number of hydrogen-bond donors (Lipinski definition) is 0. The van der Waals surface area contributed by atoms with Gasteiger partial charge in [-0.15, -0.1) is 0 Å². The Kier molecular flexibility index (Phi) is 4.67. The van der Waals surface area contributed by atoms with Crippen molar-refractivity contribution in [3.63, 3.8) is 0 Å². The van der Waals surface area contributed by atoms with Gasteiger partial charge >= 0.3 is 0 Å². The van der Waals surface area contributed by atoms with Crippen LogP contribution in [0.15, 0.2) is 70.0 Å². The Morgan fingerprint density at radius 1 is 1.20 bits per heavy atom. The number of halogens is 1. The number of nitriles is 1. The molecule has 0 spiro atoms. The number of sulfone groups is 1. The van der Waals surface area contributed by atoms with Crippen molar-refractivity contribution in [3.8, 4) is 11.8 Å². The summed E-state index contributed by atoms with van der Waals surface area (Å²) in [6.07, 6.45) is 2.83. The summed E-state index contributed by atoms with van der Waals surface area (Å²) in [5.41, 5.74) is 1.46. The van der Waals surface area contributed by atoms with Crippen LogP contribution in [0.2, 0.25) is 5.02 Å². The smallest absolute Gasteiger partial charge is 0.216 e. The lowest BCUT2D eigenvalue weighted by atomic mass is 10.0. The van der Waals surface area contributed by atoms with Gasteiger partial charge in [-0.1, -0.05) is 29.8 Å². The summed E-state index contributed by atoms with van der Waals surface area (Å²) >= 11 is 5.80. The lowest BCUT2D eigenvalue weighted by Gasteiger charge is -2.23. The van der Waals surface area contributed by atoms with E-state index in [1.165, 1.54) is 30.3 Å². The number of fused-ring (bicyclic) bond motifs is 1. The predicted molar refractivity (Wildman–Crippen MR) is 96.8 cm³/mol. The zero-order valence-corrected chi connectivity index (χ0v) is 14.9. The van der Waals surface area contributed by atoms with Gasteiger partial charge in [0.25, 0.3) is 0 Å². The molecule has 0 unspecified atom stereocenters. The maximum atomic E-state index is 12.7. The molecular weight excluding hydrogens is 358 g/mol. The summed E-state index contributed by atoms with van der Waals surface area (Å²) in [6, 6.07) is 15.0. The number of para-hydroxylation sites is 1. The fourth-order valence-electron chi connectivity index (χ4n) is 2.48. The average Bonchev–Trinajstić information content (AvgIpc) is 2.60. The summed E-state index contributed by atoms with van der Waals surface area (Å²) < 4.78 is 31.2. The first kappa shape index (κ1) is 17.3. The second-order valence-corrected chi connectivity index (χ2v) is 7.87. The van der Waals surface area contributed by atoms with E-state index in [0.29, 0.717) is 10.6 Å². The molecule has 0 radical (unpaired) electrons. The van der Waals surface area contributed by atoms with Crippen molar-refractivity contribution in [3.05, 3.63) is 75.7 Å². The maximum Gasteiger partial charge on any atom is 0.216 e. The van der Waals surface area contributed by atoms with E-state index in [1.54, 1.807) is 6.07 Å². The lowest BCUT2D eigenvalue weighted by molar-refractivity contribution is 0.257. The molecule has 1 aliphatic rings. The zero-order valence-electron chi connectivity index (χ0n) is 13.3. The molecule has 25 heavy (non-hydrogen) atoms. The molecule has 0 amide bonds. The highest BCUT2D eigenvalue weighted by Crippen LogP contribution is 2.31. The van der Waals surface area contributed by atoms with E-state index in [0.717, 1.165) is 11.3 Å². The Morgan fingerprint density at radius 2 is 1.88 bits per heavy atom. The van der Waals surface area contributed by atoms with E-state index >= 15 is 0 Å². The Hall–Kier alpha value is -2.55. The van der Waals surface area contributed by atoms with E-state index in [-0.39, 0.29) is 15.9 Å². The summed E-state index contributed by atoms with van der Waals surface area (Å²) in [5.74, 6) is 0.728. The number of hydrogen-bond acceptors (Lipinski definition) is 4. The minimum atomic E-state index is -3.92. The molecule has 1 atom stereocenters. The standard InChI is InChI=1S/C19H14ClNO3S/c1-13-15(10-14-4-2-3-5-19(14)24-13)11-18(12-21)25(22,23)17-8-6-16(20)7-9-17/h2-11,13H,1H3/b18-11+/t13-/m1/s1. The van der Waals surface area contributed by atoms with Crippen LogP contribution in [0, 0.1) is 11.3 Å². The van der Waals surface area contributed by atoms with Crippen molar-refractivity contribution in [2.45, 2.75) is 17.9 Å². The van der Waals surface area contributed by atoms with Crippen molar-refractivity contribution in [2.24, 2.45) is 0 Å². The van der Waals surface area contributed by atoms with Gasteiger partial charge in [0.15, 0.2) is 0 Å². The van der Waals surface area contributed by atoms with Crippen LogP contribution in [-0.2, 0) is 9.84 Å². The van der Waals surface area contributed by atoms with Gasteiger partial charge in [0, 0.05) is 10.6 Å². The normalized spacial score (nSPS) is 17.1. The van der Waals surface area contributed by atoms with Gasteiger partial charge < -0.3 is 4.74 Å². The first-order valence-electron chi connectivity index (χ1n) is 7.51. The number of rotatable bonds is 3. The third-order valence-electron chi connectivity index (χ3n) is 3.84. The second kappa shape index (κ2) is 6.75. The van der Waals surface area contributed by atoms with Crippen LogP contribution in [0.5, 0.6) is 5.75 Å². The minimum Gasteiger partial charge on any atom is -0.485 e. The van der Waals surface area contributed by atoms with Crippen LogP contribution in [0.25, 0.3) is 6.08 Å². The van der Waals surface area contributed by atoms with E-state index in [4.69, 9.17) is 16.3 Å². The number of nitrogens with zero attached hydrogens (tertiary/aromatic N) is 1. The van der Waals surface area contributed by atoms with Crippen LogP contribution in [-0.4, -0.2) is 14.5 Å². The number of ether oxygens (including phenoxy) is 1. The molecule has 0 bridgehead atoms. The Labute approximate surface area is 151 Å². The molecule has 4 nitrogen and oxygen atoms in total. The Morgan fingerprint density at radius 3 is 2.56 bits per heavy atom. The number of benzene rings is 2. The fourth-order valence-corrected chi connectivity index (χ4v) is 3.77. The van der Waals surface area contributed by atoms with E-state index in [9.17, 15) is 13.7 Å². The first-order valence-corrected chi connectivity index (χ1v) is 9.37. The molecule has 0 aliphatic carbocycles. The molecule has 1 aliphatic heterocycles. The topological polar surface area (TPSA) is 67.2 Å². The van der Waals surface area contributed by atoms with E-state index in [1.807, 2.05) is 37.3 Å². The average molecular weight is 372 g/mol. The molecule has 6 heteroatoms. The monoisotopic (exact) mass is 371 g/mol. The van der Waals surface area contributed by atoms with E-state index in [2.05, 4.69) is 0 Å². The van der Waals surface area contributed by atoms with Crippen molar-refractivity contribution in [1.82, 2.24) is 0 Å². The van der Waals surface area contributed by atoms with Gasteiger partial charge in [-0.25, -0.2) is 8.42 Å². The third-order valence-corrected chi connectivity index (χ3v) is 5.77. The Balaban J connectivity index is 2.05. The number of allylic oxidation sites excluding steroid dienone is 1. The summed E-state index contributed by atoms with van der Waals surface area (Å²) in [7, 11) is -3.92. The molecule has 0 saturated heterocycles. The fraction of sp³-hybridized carbons (Fsp3) is 0.105. The summed E-state index contributed by atoms with van der Waals surface area (Å²) in [5, 5.41) is 9.82. The summed E-state index contributed by atoms with van der Waals surface area (Å²) in [4.78, 5) is -0.314. The van der Waals surface area contributed by atoms with Crippen molar-refractivity contribution in [1.29, 1.82) is 5.26 Å². The SMILES string of the molecule is C[C@H]1Oc2ccccc2C=C1/C=C(\C#N)S(=O)(=O)c1ccc(Cl)cc1. The van der Waals surface area contributed by atoms with E-state index < -0.39 is 9.84 Å². The lowest BCUT2D eigenvalue weighted by Crippen LogP contribution is -2.18. The molecule has 2 aromatic rings. The van der Waals surface area contributed by atoms with Gasteiger partial charge in [0.05, 0.1) is 4.90 Å². The molecular formula is C19H14ClNO3S. The highest BCUT2D eigenvalue weighted by molar-refractivity contribution is 7.95. The highest BCUT2D eigenvalue weighted by atomic mass is 35.5. The molecule has 1 heterocycles. The van der Waals surface area contributed by atoms with Crippen LogP contribution in [0.3, 0.4) is 0 Å². The second-order valence-electron chi connectivity index (χ2n) is 5.52. The first-order chi connectivity index (χ1) is 11.9. The third kappa shape index (κ3) is 3.46. The molecule has 0 N–H and O–H groups in total. The van der Waals surface area contributed by atoms with Gasteiger partial charge in [-0.05, 0) is 55.0 Å². The largest absolute Gasteiger partial charge is 0.485 e. The molecule has 0 fully saturated rings. The molecule has 0 saturated carbocycles. The minimum absolute atomic E-state index is 0.0232. The van der Waals surface area contributed by atoms with Gasteiger partial charge in [0.2, 0.25) is 9.84 Å². The van der Waals surface area contributed by atoms with Gasteiger partial charge in [0.1, 0.15) is 22.8 Å². The van der Waals surface area contributed by atoms with Crippen LogP contribution in [0.1, 0.15) is 12.5 Å². The quantitative estimate of drug-likeness (QED) is 0.750. The van der Waals surface area contributed by atoms with Crippen LogP contribution in [0.4, 0.5) is 0 Å². The molecule has 3 rings (SSSR count). The van der Waals surface area contributed by atoms with Crippen LogP contribution < -0.4 is 4.74 Å². The Bertz CT molecular complexity index is 1020. The molecule has 126 valence electrons.